The van der Waals surface area contributed by atoms with Crippen molar-refractivity contribution in [2.75, 3.05) is 6.61 Å². The first-order chi connectivity index (χ1) is 34.2. The standard InChI is InChI=1S/C55H57NO16/c1-31(2)54-28-39(70-51(64)45(71-52(65)67-29-35-19-11-7-12-20-35)43(36-21-13-8-14-22-36)56-49(62)37-23-15-9-16-24-37)32(3)42(54)44(69-34(5)58)47(61)53(6)40(59)27-41(60)55(66,30-68-33(4)57)46(53)48(54)72-50(63)38-25-17-10-18-26-38/h7-26,39-41,43-46,48,59-60,66H,1,27-30H2,2-6H3,(H,56,62)/t39-,40-,41-,43-,44+,45+,46-,48-,53+,54-,55-/m0/s1. The lowest BCUT2D eigenvalue weighted by atomic mass is 9.52. The molecule has 4 aromatic rings. The highest BCUT2D eigenvalue weighted by molar-refractivity contribution is 5.97. The summed E-state index contributed by atoms with van der Waals surface area (Å²) < 4.78 is 35.4. The highest BCUT2D eigenvalue weighted by atomic mass is 16.7. The Kier molecular flexibility index (Phi) is 15.6. The first-order valence-electron chi connectivity index (χ1n) is 23.3. The Morgan fingerprint density at radius 3 is 1.89 bits per heavy atom. The van der Waals surface area contributed by atoms with Gasteiger partial charge in [-0.2, -0.15) is 0 Å². The van der Waals surface area contributed by atoms with Crippen LogP contribution in [0.3, 0.4) is 0 Å². The number of fused-ring (bicyclic) bond motifs is 2. The zero-order valence-corrected chi connectivity index (χ0v) is 40.4. The molecule has 0 spiro atoms. The Balaban J connectivity index is 1.40. The quantitative estimate of drug-likeness (QED) is 0.0619. The molecule has 72 heavy (non-hydrogen) atoms. The van der Waals surface area contributed by atoms with E-state index in [9.17, 15) is 39.3 Å². The van der Waals surface area contributed by atoms with Crippen molar-refractivity contribution in [2.24, 2.45) is 16.7 Å². The number of hydrogen-bond donors (Lipinski definition) is 4. The monoisotopic (exact) mass is 987 g/mol. The number of ether oxygens (including phenoxy) is 6. The normalized spacial score (nSPS) is 27.3. The van der Waals surface area contributed by atoms with Crippen molar-refractivity contribution in [3.05, 3.63) is 167 Å². The molecule has 0 bridgehead atoms. The second-order valence-corrected chi connectivity index (χ2v) is 18.6. The van der Waals surface area contributed by atoms with Crippen molar-refractivity contribution in [3.8, 4) is 0 Å². The summed E-state index contributed by atoms with van der Waals surface area (Å²) in [6.07, 6.45) is -13.4. The lowest BCUT2D eigenvalue weighted by molar-refractivity contribution is -0.255. The van der Waals surface area contributed by atoms with Crippen molar-refractivity contribution < 1.29 is 77.3 Å². The number of carbonyl (C=O) groups excluding carboxylic acids is 7. The number of amides is 1. The Bertz CT molecular complexity index is 2730. The van der Waals surface area contributed by atoms with E-state index in [1.165, 1.54) is 32.9 Å². The Labute approximate surface area is 415 Å². The molecule has 11 atom stereocenters. The van der Waals surface area contributed by atoms with E-state index in [0.717, 1.165) is 13.8 Å². The largest absolute Gasteiger partial charge is 0.509 e. The molecule has 0 saturated heterocycles. The van der Waals surface area contributed by atoms with Crippen molar-refractivity contribution >= 4 is 41.7 Å². The summed E-state index contributed by atoms with van der Waals surface area (Å²) in [4.78, 5) is 98.5. The van der Waals surface area contributed by atoms with E-state index in [-0.39, 0.29) is 34.5 Å². The van der Waals surface area contributed by atoms with E-state index in [0.29, 0.717) is 11.1 Å². The average Bonchev–Trinajstić information content (AvgIpc) is 3.63. The van der Waals surface area contributed by atoms with Crippen LogP contribution in [0, 0.1) is 16.7 Å². The molecule has 1 amide bonds. The fourth-order valence-electron chi connectivity index (χ4n) is 10.5. The summed E-state index contributed by atoms with van der Waals surface area (Å²) in [5, 5.41) is 39.5. The van der Waals surface area contributed by atoms with Gasteiger partial charge in [-0.3, -0.25) is 19.2 Å². The number of aliphatic hydroxyl groups is 3. The number of ketones is 1. The number of rotatable bonds is 15. The topological polar surface area (TPSA) is 248 Å². The van der Waals surface area contributed by atoms with Crippen LogP contribution in [0.4, 0.5) is 4.79 Å². The lowest BCUT2D eigenvalue weighted by Gasteiger charge is -2.57. The van der Waals surface area contributed by atoms with E-state index in [2.05, 4.69) is 11.9 Å². The van der Waals surface area contributed by atoms with Crippen LogP contribution in [0.25, 0.3) is 0 Å². The Morgan fingerprint density at radius 1 is 0.750 bits per heavy atom. The third kappa shape index (κ3) is 10.2. The van der Waals surface area contributed by atoms with Gasteiger partial charge < -0.3 is 49.1 Å². The number of Topliss-reactive ketones (excluding diaryl/α,β-unsaturated/α-hetero) is 1. The van der Waals surface area contributed by atoms with Crippen molar-refractivity contribution in [1.82, 2.24) is 5.32 Å². The summed E-state index contributed by atoms with van der Waals surface area (Å²) >= 11 is 0. The summed E-state index contributed by atoms with van der Waals surface area (Å²) in [6.45, 7) is 9.44. The van der Waals surface area contributed by atoms with Gasteiger partial charge in [0.15, 0.2) is 11.9 Å². The molecule has 2 fully saturated rings. The number of aliphatic hydroxyl groups excluding tert-OH is 2. The van der Waals surface area contributed by atoms with Crippen LogP contribution in [0.5, 0.6) is 0 Å². The Hall–Kier alpha value is -7.47. The van der Waals surface area contributed by atoms with E-state index in [1.807, 2.05) is 0 Å². The zero-order valence-electron chi connectivity index (χ0n) is 40.4. The average molecular weight is 988 g/mol. The molecule has 17 nitrogen and oxygen atoms in total. The fourth-order valence-corrected chi connectivity index (χ4v) is 10.5. The minimum absolute atomic E-state index is 0.00970. The smallest absolute Gasteiger partial charge is 0.463 e. The molecule has 3 aliphatic rings. The molecule has 0 radical (unpaired) electrons. The minimum Gasteiger partial charge on any atom is -0.463 e. The molecular formula is C55H57NO16. The molecule has 17 heteroatoms. The molecular weight excluding hydrogens is 931 g/mol. The van der Waals surface area contributed by atoms with Gasteiger partial charge in [0.25, 0.3) is 5.91 Å². The number of benzene rings is 4. The summed E-state index contributed by atoms with van der Waals surface area (Å²) in [5.74, 6) is -7.61. The molecule has 4 aromatic carbocycles. The molecule has 7 rings (SSSR count). The number of esters is 4. The fraction of sp³-hybridized carbons (Fsp3) is 0.364. The van der Waals surface area contributed by atoms with E-state index in [4.69, 9.17) is 28.4 Å². The molecule has 0 aromatic heterocycles. The van der Waals surface area contributed by atoms with Gasteiger partial charge in [-0.15, -0.1) is 0 Å². The van der Waals surface area contributed by atoms with Gasteiger partial charge in [0.2, 0.25) is 6.10 Å². The zero-order chi connectivity index (χ0) is 52.1. The van der Waals surface area contributed by atoms with Gasteiger partial charge in [-0.25, -0.2) is 14.4 Å². The highest BCUT2D eigenvalue weighted by Gasteiger charge is 2.74. The summed E-state index contributed by atoms with van der Waals surface area (Å²) in [5.41, 5.74) is -5.68. The molecule has 378 valence electrons. The van der Waals surface area contributed by atoms with Crippen molar-refractivity contribution in [2.45, 2.75) is 102 Å². The van der Waals surface area contributed by atoms with Crippen LogP contribution in [0.15, 0.2) is 145 Å². The summed E-state index contributed by atoms with van der Waals surface area (Å²) in [7, 11) is 0. The first kappa shape index (κ1) is 52.4. The second kappa shape index (κ2) is 21.5. The first-order valence-corrected chi connectivity index (χ1v) is 23.3. The van der Waals surface area contributed by atoms with Crippen molar-refractivity contribution in [1.29, 1.82) is 0 Å². The van der Waals surface area contributed by atoms with Gasteiger partial charge in [-0.1, -0.05) is 109 Å². The maximum absolute atomic E-state index is 15.6. The van der Waals surface area contributed by atoms with Crippen LogP contribution >= 0.6 is 0 Å². The van der Waals surface area contributed by atoms with Gasteiger partial charge in [0, 0.05) is 38.2 Å². The van der Waals surface area contributed by atoms with E-state index < -0.39 is 126 Å². The molecule has 0 heterocycles. The third-order valence-corrected chi connectivity index (χ3v) is 14.1. The Morgan fingerprint density at radius 2 is 1.32 bits per heavy atom. The molecule has 4 N–H and O–H groups in total. The third-order valence-electron chi connectivity index (χ3n) is 14.1. The number of hydrogen-bond acceptors (Lipinski definition) is 16. The van der Waals surface area contributed by atoms with Crippen LogP contribution < -0.4 is 5.32 Å². The number of carbonyl (C=O) groups is 7. The van der Waals surface area contributed by atoms with Crippen molar-refractivity contribution in [3.63, 3.8) is 0 Å². The highest BCUT2D eigenvalue weighted by Crippen LogP contribution is 2.64. The predicted octanol–water partition coefficient (Wildman–Crippen LogP) is 5.86. The van der Waals surface area contributed by atoms with Gasteiger partial charge in [-0.05, 0) is 67.3 Å². The maximum atomic E-state index is 15.6. The molecule has 2 saturated carbocycles. The molecule has 0 unspecified atom stereocenters. The second-order valence-electron chi connectivity index (χ2n) is 18.6. The van der Waals surface area contributed by atoms with E-state index >= 15 is 9.59 Å². The van der Waals surface area contributed by atoms with Crippen LogP contribution in [-0.4, -0.2) is 106 Å². The van der Waals surface area contributed by atoms with Crippen LogP contribution in [0.2, 0.25) is 0 Å². The number of nitrogens with one attached hydrogen (secondary N) is 1. The lowest BCUT2D eigenvalue weighted by Crippen LogP contribution is -2.71. The van der Waals surface area contributed by atoms with Gasteiger partial charge >= 0.3 is 30.0 Å². The molecule has 3 aliphatic carbocycles. The van der Waals surface area contributed by atoms with Crippen LogP contribution in [-0.2, 0) is 54.2 Å². The summed E-state index contributed by atoms with van der Waals surface area (Å²) in [6, 6.07) is 31.1. The van der Waals surface area contributed by atoms with E-state index in [1.54, 1.807) is 109 Å². The maximum Gasteiger partial charge on any atom is 0.509 e. The minimum atomic E-state index is -2.67. The van der Waals surface area contributed by atoms with Crippen LogP contribution in [0.1, 0.15) is 85.3 Å². The van der Waals surface area contributed by atoms with Gasteiger partial charge in [0.05, 0.1) is 28.6 Å². The van der Waals surface area contributed by atoms with Gasteiger partial charge in [0.1, 0.15) is 37.1 Å². The SMILES string of the molecule is C=C(C)[C@@]12C[C@H](OC(=O)[C@H](OC(=O)OCc3ccccc3)[C@@H](NC(=O)c3ccccc3)c3ccccc3)C(C)=C1[C@@H](OC(C)=O)C(=O)[C@@]1(C)[C@H]([C@@H]2OC(=O)c2ccccc2)[C@](O)(COC(C)=O)[C@@H](O)C[C@@H]1O. The molecule has 0 aliphatic heterocycles. The predicted molar refractivity (Wildman–Crippen MR) is 255 cm³/mol.